The Kier molecular flexibility index (Phi) is 2.38. The summed E-state index contributed by atoms with van der Waals surface area (Å²) in [5, 5.41) is 0. The lowest BCUT2D eigenvalue weighted by Crippen LogP contribution is -2.03. The summed E-state index contributed by atoms with van der Waals surface area (Å²) >= 11 is 0. The number of hydrogen-bond donors (Lipinski definition) is 0. The molecule has 0 bridgehead atoms. The Bertz CT molecular complexity index is 55.6. The molecule has 0 unspecified atom stereocenters. The van der Waals surface area contributed by atoms with Gasteiger partial charge >= 0.3 is 1.43 Å². The van der Waals surface area contributed by atoms with Crippen LogP contribution in [0.4, 0.5) is 0 Å². The zero-order valence-electron chi connectivity index (χ0n) is 6.82. The van der Waals surface area contributed by atoms with E-state index in [0.29, 0.717) is 0 Å². The molecule has 0 amide bonds. The van der Waals surface area contributed by atoms with Crippen molar-refractivity contribution < 1.29 is 1.43 Å². The second kappa shape index (κ2) is 3.11. The van der Waals surface area contributed by atoms with E-state index in [-0.39, 0.29) is 1.43 Å². The van der Waals surface area contributed by atoms with E-state index in [0.717, 1.165) is 5.92 Å². The molecule has 0 atom stereocenters. The van der Waals surface area contributed by atoms with Gasteiger partial charge in [0.25, 0.3) is 0 Å². The fraction of sp³-hybridized carbons (Fsp3) is 1.00. The Hall–Kier alpha value is 0. The summed E-state index contributed by atoms with van der Waals surface area (Å²) in [6, 6.07) is 0. The summed E-state index contributed by atoms with van der Waals surface area (Å²) in [4.78, 5) is 0. The Morgan fingerprint density at radius 1 is 1.25 bits per heavy atom. The molecule has 0 aromatic rings. The van der Waals surface area contributed by atoms with Gasteiger partial charge in [0, 0.05) is 0 Å². The maximum atomic E-state index is 2.32. The molecule has 1 saturated carbocycles. The lowest BCUT2D eigenvalue weighted by Gasteiger charge is -2.18. The van der Waals surface area contributed by atoms with E-state index in [9.17, 15) is 0 Å². The fourth-order valence-electron chi connectivity index (χ4n) is 1.60. The van der Waals surface area contributed by atoms with E-state index in [1.54, 1.807) is 0 Å². The SMILES string of the molecule is CCC1CCCCC1.[H+]. The third-order valence-corrected chi connectivity index (χ3v) is 2.30. The summed E-state index contributed by atoms with van der Waals surface area (Å²) < 4.78 is 0. The molecule has 0 heteroatoms. The predicted molar refractivity (Wildman–Crippen MR) is 38.0 cm³/mol. The first-order valence-corrected chi connectivity index (χ1v) is 3.93. The molecule has 0 aromatic heterocycles. The molecule has 0 radical (unpaired) electrons. The average molecular weight is 113 g/mol. The molecule has 0 nitrogen and oxygen atoms in total. The van der Waals surface area contributed by atoms with Crippen LogP contribution in [0.25, 0.3) is 0 Å². The van der Waals surface area contributed by atoms with Crippen molar-refractivity contribution in [2.45, 2.75) is 45.4 Å². The van der Waals surface area contributed by atoms with Crippen molar-refractivity contribution in [3.05, 3.63) is 0 Å². The van der Waals surface area contributed by atoms with E-state index in [1.807, 2.05) is 0 Å². The van der Waals surface area contributed by atoms with Crippen molar-refractivity contribution in [3.63, 3.8) is 0 Å². The Morgan fingerprint density at radius 3 is 2.25 bits per heavy atom. The van der Waals surface area contributed by atoms with Crippen LogP contribution in [-0.2, 0) is 0 Å². The molecule has 1 rings (SSSR count). The largest absolute Gasteiger partial charge is 1.00 e. The zero-order chi connectivity index (χ0) is 5.82. The van der Waals surface area contributed by atoms with Crippen molar-refractivity contribution in [3.8, 4) is 0 Å². The van der Waals surface area contributed by atoms with Crippen LogP contribution in [-0.4, -0.2) is 0 Å². The lowest BCUT2D eigenvalue weighted by molar-refractivity contribution is 0.349. The maximum Gasteiger partial charge on any atom is 1.00 e. The van der Waals surface area contributed by atoms with Crippen molar-refractivity contribution in [1.29, 1.82) is 0 Å². The Balaban J connectivity index is 0.000000640. The first-order valence-electron chi connectivity index (χ1n) is 3.93. The molecular formula is C8H17+. The third-order valence-electron chi connectivity index (χ3n) is 2.30. The highest BCUT2D eigenvalue weighted by Gasteiger charge is 2.09. The van der Waals surface area contributed by atoms with Crippen LogP contribution >= 0.6 is 0 Å². The molecule has 48 valence electrons. The second-order valence-electron chi connectivity index (χ2n) is 2.91. The van der Waals surface area contributed by atoms with Crippen LogP contribution in [0.2, 0.25) is 0 Å². The summed E-state index contributed by atoms with van der Waals surface area (Å²) in [5.41, 5.74) is 0. The van der Waals surface area contributed by atoms with Gasteiger partial charge in [-0.3, -0.25) is 0 Å². The standard InChI is InChI=1S/C8H16/c1-2-8-6-4-3-5-7-8/h8H,2-7H2,1H3/p+1. The van der Waals surface area contributed by atoms with E-state index >= 15 is 0 Å². The van der Waals surface area contributed by atoms with E-state index in [1.165, 1.54) is 38.5 Å². The number of hydrogen-bond acceptors (Lipinski definition) is 0. The lowest BCUT2D eigenvalue weighted by atomic mass is 9.88. The molecule has 0 N–H and O–H groups in total. The van der Waals surface area contributed by atoms with Gasteiger partial charge in [-0.1, -0.05) is 45.4 Å². The predicted octanol–water partition coefficient (Wildman–Crippen LogP) is 3.09. The van der Waals surface area contributed by atoms with E-state index in [4.69, 9.17) is 0 Å². The van der Waals surface area contributed by atoms with Crippen molar-refractivity contribution in [2.24, 2.45) is 5.92 Å². The molecule has 0 saturated heterocycles. The normalized spacial score (nSPS) is 23.6. The van der Waals surface area contributed by atoms with Gasteiger partial charge in [0.15, 0.2) is 0 Å². The van der Waals surface area contributed by atoms with Crippen molar-refractivity contribution in [1.82, 2.24) is 0 Å². The molecular weight excluding hydrogens is 96.1 g/mol. The Morgan fingerprint density at radius 2 is 1.88 bits per heavy atom. The quantitative estimate of drug-likeness (QED) is 0.490. The average Bonchev–Trinajstić information content (AvgIpc) is 1.90. The van der Waals surface area contributed by atoms with Crippen molar-refractivity contribution >= 4 is 0 Å². The smallest absolute Gasteiger partial charge is 0.0651 e. The van der Waals surface area contributed by atoms with Crippen LogP contribution in [0.5, 0.6) is 0 Å². The highest BCUT2D eigenvalue weighted by molar-refractivity contribution is 4.63. The zero-order valence-corrected chi connectivity index (χ0v) is 5.82. The third kappa shape index (κ3) is 1.50. The topological polar surface area (TPSA) is 0 Å². The maximum absolute atomic E-state index is 2.32. The summed E-state index contributed by atoms with van der Waals surface area (Å²) in [5.74, 6) is 1.09. The van der Waals surface area contributed by atoms with Crippen LogP contribution in [0.1, 0.15) is 46.9 Å². The molecule has 1 aliphatic rings. The van der Waals surface area contributed by atoms with Gasteiger partial charge in [0.2, 0.25) is 0 Å². The van der Waals surface area contributed by atoms with Crippen molar-refractivity contribution in [2.75, 3.05) is 0 Å². The Labute approximate surface area is 53.8 Å². The minimum atomic E-state index is 0. The first-order chi connectivity index (χ1) is 3.93. The number of rotatable bonds is 1. The second-order valence-corrected chi connectivity index (χ2v) is 2.91. The van der Waals surface area contributed by atoms with Crippen LogP contribution < -0.4 is 0 Å². The van der Waals surface area contributed by atoms with E-state index < -0.39 is 0 Å². The van der Waals surface area contributed by atoms with Crippen LogP contribution in [0, 0.1) is 5.92 Å². The molecule has 8 heavy (non-hydrogen) atoms. The minimum Gasteiger partial charge on any atom is -0.0651 e. The molecule has 0 heterocycles. The van der Waals surface area contributed by atoms with Gasteiger partial charge in [0.1, 0.15) is 0 Å². The summed E-state index contributed by atoms with van der Waals surface area (Å²) in [6.07, 6.45) is 8.93. The first kappa shape index (κ1) is 6.12. The molecule has 0 spiro atoms. The van der Waals surface area contributed by atoms with Gasteiger partial charge in [-0.2, -0.15) is 0 Å². The highest BCUT2D eigenvalue weighted by Crippen LogP contribution is 2.25. The molecule has 1 aliphatic carbocycles. The monoisotopic (exact) mass is 113 g/mol. The molecule has 0 aromatic carbocycles. The summed E-state index contributed by atoms with van der Waals surface area (Å²) in [6.45, 7) is 2.32. The van der Waals surface area contributed by atoms with Crippen LogP contribution in [0.3, 0.4) is 0 Å². The fourth-order valence-corrected chi connectivity index (χ4v) is 1.60. The van der Waals surface area contributed by atoms with Gasteiger partial charge in [-0.15, -0.1) is 0 Å². The minimum absolute atomic E-state index is 0. The van der Waals surface area contributed by atoms with Crippen LogP contribution in [0.15, 0.2) is 0 Å². The molecule has 0 aliphatic heterocycles. The molecule has 1 fully saturated rings. The van der Waals surface area contributed by atoms with E-state index in [2.05, 4.69) is 6.92 Å². The van der Waals surface area contributed by atoms with Gasteiger partial charge in [-0.05, 0) is 5.92 Å². The highest BCUT2D eigenvalue weighted by atomic mass is 14.2. The van der Waals surface area contributed by atoms with Gasteiger partial charge < -0.3 is 0 Å². The van der Waals surface area contributed by atoms with Gasteiger partial charge in [-0.25, -0.2) is 0 Å². The van der Waals surface area contributed by atoms with Gasteiger partial charge in [0.05, 0.1) is 0 Å². The summed E-state index contributed by atoms with van der Waals surface area (Å²) in [7, 11) is 0.